The average Bonchev–Trinajstić information content (AvgIpc) is 3.25. The minimum absolute atomic E-state index is 0.161. The highest BCUT2D eigenvalue weighted by atomic mass is 19.1. The van der Waals surface area contributed by atoms with Crippen molar-refractivity contribution in [3.8, 4) is 0 Å². The SMILES string of the molecule is O=C(CNC(=O)c1cccc(F)c1)Nc1cnn(CC2CCCO2)c1. The molecule has 132 valence electrons. The lowest BCUT2D eigenvalue weighted by molar-refractivity contribution is -0.115. The summed E-state index contributed by atoms with van der Waals surface area (Å²) >= 11 is 0. The Bertz CT molecular complexity index is 756. The Labute approximate surface area is 144 Å². The van der Waals surface area contributed by atoms with Gasteiger partial charge < -0.3 is 15.4 Å². The van der Waals surface area contributed by atoms with Crippen LogP contribution in [0.5, 0.6) is 0 Å². The van der Waals surface area contributed by atoms with E-state index in [1.807, 2.05) is 0 Å². The van der Waals surface area contributed by atoms with Crippen molar-refractivity contribution < 1.29 is 18.7 Å². The van der Waals surface area contributed by atoms with Gasteiger partial charge in [-0.15, -0.1) is 0 Å². The third-order valence-corrected chi connectivity index (χ3v) is 3.83. The Morgan fingerprint density at radius 2 is 2.28 bits per heavy atom. The fourth-order valence-electron chi connectivity index (χ4n) is 2.62. The smallest absolute Gasteiger partial charge is 0.251 e. The molecule has 1 fully saturated rings. The number of anilines is 1. The minimum Gasteiger partial charge on any atom is -0.376 e. The number of amides is 2. The summed E-state index contributed by atoms with van der Waals surface area (Å²) in [7, 11) is 0. The van der Waals surface area contributed by atoms with Gasteiger partial charge in [-0.25, -0.2) is 4.39 Å². The van der Waals surface area contributed by atoms with Crippen molar-refractivity contribution in [2.75, 3.05) is 18.5 Å². The number of nitrogens with zero attached hydrogens (tertiary/aromatic N) is 2. The maximum Gasteiger partial charge on any atom is 0.251 e. The molecule has 0 bridgehead atoms. The molecule has 1 aliphatic rings. The molecule has 1 aromatic heterocycles. The maximum absolute atomic E-state index is 13.1. The van der Waals surface area contributed by atoms with Crippen molar-refractivity contribution in [2.24, 2.45) is 0 Å². The molecule has 1 aromatic carbocycles. The molecule has 1 aliphatic heterocycles. The molecular formula is C17H19FN4O3. The van der Waals surface area contributed by atoms with E-state index in [4.69, 9.17) is 4.74 Å². The molecule has 2 amide bonds. The van der Waals surface area contributed by atoms with Gasteiger partial charge in [0.1, 0.15) is 5.82 Å². The lowest BCUT2D eigenvalue weighted by atomic mass is 10.2. The van der Waals surface area contributed by atoms with Gasteiger partial charge in [0.05, 0.1) is 31.1 Å². The standard InChI is InChI=1S/C17H19FN4O3/c18-13-4-1-3-12(7-13)17(24)19-9-16(23)21-14-8-20-22(10-14)11-15-5-2-6-25-15/h1,3-4,7-8,10,15H,2,5-6,9,11H2,(H,19,24)(H,21,23). The van der Waals surface area contributed by atoms with Crippen LogP contribution in [-0.2, 0) is 16.1 Å². The number of hydrogen-bond acceptors (Lipinski definition) is 4. The molecule has 0 spiro atoms. The van der Waals surface area contributed by atoms with Gasteiger partial charge in [0.25, 0.3) is 5.91 Å². The highest BCUT2D eigenvalue weighted by Crippen LogP contribution is 2.14. The van der Waals surface area contributed by atoms with Crippen LogP contribution in [-0.4, -0.2) is 40.9 Å². The second-order valence-electron chi connectivity index (χ2n) is 5.83. The monoisotopic (exact) mass is 346 g/mol. The van der Waals surface area contributed by atoms with Crippen LogP contribution in [0, 0.1) is 5.82 Å². The summed E-state index contributed by atoms with van der Waals surface area (Å²) in [6.07, 6.45) is 5.48. The fourth-order valence-corrected chi connectivity index (χ4v) is 2.62. The van der Waals surface area contributed by atoms with Crippen molar-refractivity contribution in [1.29, 1.82) is 0 Å². The van der Waals surface area contributed by atoms with E-state index in [-0.39, 0.29) is 24.1 Å². The van der Waals surface area contributed by atoms with Gasteiger partial charge in [0.2, 0.25) is 5.91 Å². The molecule has 0 aliphatic carbocycles. The highest BCUT2D eigenvalue weighted by molar-refractivity contribution is 5.99. The topological polar surface area (TPSA) is 85.3 Å². The van der Waals surface area contributed by atoms with Gasteiger partial charge in [0.15, 0.2) is 0 Å². The highest BCUT2D eigenvalue weighted by Gasteiger charge is 2.16. The van der Waals surface area contributed by atoms with Gasteiger partial charge >= 0.3 is 0 Å². The Hall–Kier alpha value is -2.74. The van der Waals surface area contributed by atoms with Crippen LogP contribution in [0.3, 0.4) is 0 Å². The third kappa shape index (κ3) is 4.87. The van der Waals surface area contributed by atoms with Crippen LogP contribution in [0.15, 0.2) is 36.7 Å². The summed E-state index contributed by atoms with van der Waals surface area (Å²) in [6.45, 7) is 1.21. The molecule has 3 rings (SSSR count). The largest absolute Gasteiger partial charge is 0.376 e. The van der Waals surface area contributed by atoms with Crippen LogP contribution >= 0.6 is 0 Å². The summed E-state index contributed by atoms with van der Waals surface area (Å²) in [5, 5.41) is 9.28. The van der Waals surface area contributed by atoms with Crippen LogP contribution < -0.4 is 10.6 Å². The van der Waals surface area contributed by atoms with Gasteiger partial charge in [-0.1, -0.05) is 6.07 Å². The number of ether oxygens (including phenoxy) is 1. The Kier molecular flexibility index (Phi) is 5.39. The Morgan fingerprint density at radius 3 is 3.04 bits per heavy atom. The lowest BCUT2D eigenvalue weighted by Gasteiger charge is -2.08. The number of rotatable bonds is 6. The van der Waals surface area contributed by atoms with Crippen LogP contribution in [0.25, 0.3) is 0 Å². The molecule has 7 nitrogen and oxygen atoms in total. The number of benzene rings is 1. The maximum atomic E-state index is 13.1. The molecule has 8 heteroatoms. The van der Waals surface area contributed by atoms with Crippen molar-refractivity contribution >= 4 is 17.5 Å². The summed E-state index contributed by atoms with van der Waals surface area (Å²) in [6, 6.07) is 5.28. The van der Waals surface area contributed by atoms with Crippen molar-refractivity contribution in [1.82, 2.24) is 15.1 Å². The second-order valence-corrected chi connectivity index (χ2v) is 5.83. The van der Waals surface area contributed by atoms with Crippen LogP contribution in [0.2, 0.25) is 0 Å². The summed E-state index contributed by atoms with van der Waals surface area (Å²) in [5.41, 5.74) is 0.709. The van der Waals surface area contributed by atoms with E-state index in [1.54, 1.807) is 17.1 Å². The van der Waals surface area contributed by atoms with E-state index in [1.165, 1.54) is 18.2 Å². The van der Waals surface area contributed by atoms with Gasteiger partial charge in [-0.2, -0.15) is 5.10 Å². The van der Waals surface area contributed by atoms with E-state index >= 15 is 0 Å². The molecule has 1 saturated heterocycles. The number of carbonyl (C=O) groups excluding carboxylic acids is 2. The summed E-state index contributed by atoms with van der Waals surface area (Å²) in [5.74, 6) is -1.40. The Balaban J connectivity index is 1.46. The number of aromatic nitrogens is 2. The number of hydrogen-bond donors (Lipinski definition) is 2. The van der Waals surface area contributed by atoms with E-state index in [0.717, 1.165) is 25.5 Å². The van der Waals surface area contributed by atoms with Crippen LogP contribution in [0.4, 0.5) is 10.1 Å². The second kappa shape index (κ2) is 7.89. The molecule has 2 N–H and O–H groups in total. The molecule has 0 saturated carbocycles. The first-order valence-electron chi connectivity index (χ1n) is 8.08. The zero-order chi connectivity index (χ0) is 17.6. The number of nitrogens with one attached hydrogen (secondary N) is 2. The summed E-state index contributed by atoms with van der Waals surface area (Å²) in [4.78, 5) is 23.8. The molecule has 1 atom stereocenters. The van der Waals surface area contributed by atoms with E-state index in [2.05, 4.69) is 15.7 Å². The zero-order valence-corrected chi connectivity index (χ0v) is 13.6. The first-order valence-corrected chi connectivity index (χ1v) is 8.08. The van der Waals surface area contributed by atoms with Crippen LogP contribution in [0.1, 0.15) is 23.2 Å². The molecular weight excluding hydrogens is 327 g/mol. The fraction of sp³-hybridized carbons (Fsp3) is 0.353. The van der Waals surface area contributed by atoms with Crippen molar-refractivity contribution in [3.63, 3.8) is 0 Å². The predicted molar refractivity (Wildman–Crippen MR) is 88.6 cm³/mol. The van der Waals surface area contributed by atoms with E-state index in [0.29, 0.717) is 12.2 Å². The Morgan fingerprint density at radius 1 is 1.40 bits per heavy atom. The van der Waals surface area contributed by atoms with Crippen molar-refractivity contribution in [2.45, 2.75) is 25.5 Å². The average molecular weight is 346 g/mol. The molecule has 25 heavy (non-hydrogen) atoms. The normalized spacial score (nSPS) is 16.6. The minimum atomic E-state index is -0.510. The molecule has 2 aromatic rings. The molecule has 0 radical (unpaired) electrons. The lowest BCUT2D eigenvalue weighted by Crippen LogP contribution is -2.32. The zero-order valence-electron chi connectivity index (χ0n) is 13.6. The number of halogens is 1. The van der Waals surface area contributed by atoms with Gasteiger partial charge in [-0.05, 0) is 31.0 Å². The molecule has 1 unspecified atom stereocenters. The molecule has 2 heterocycles. The van der Waals surface area contributed by atoms with E-state index < -0.39 is 11.7 Å². The van der Waals surface area contributed by atoms with Crippen molar-refractivity contribution in [3.05, 3.63) is 48.0 Å². The quantitative estimate of drug-likeness (QED) is 0.831. The van der Waals surface area contributed by atoms with Gasteiger partial charge in [0, 0.05) is 18.4 Å². The summed E-state index contributed by atoms with van der Waals surface area (Å²) < 4.78 is 20.3. The van der Waals surface area contributed by atoms with Gasteiger partial charge in [-0.3, -0.25) is 14.3 Å². The predicted octanol–water partition coefficient (Wildman–Crippen LogP) is 1.57. The first kappa shape index (κ1) is 17.1. The third-order valence-electron chi connectivity index (χ3n) is 3.83. The number of carbonyl (C=O) groups is 2. The first-order chi connectivity index (χ1) is 12.1. The van der Waals surface area contributed by atoms with E-state index in [9.17, 15) is 14.0 Å².